The predicted molar refractivity (Wildman–Crippen MR) is 99.1 cm³/mol. The summed E-state index contributed by atoms with van der Waals surface area (Å²) in [6, 6.07) is 3.89. The second kappa shape index (κ2) is 7.47. The van der Waals surface area contributed by atoms with E-state index < -0.39 is 0 Å². The van der Waals surface area contributed by atoms with Crippen LogP contribution in [0.2, 0.25) is 0 Å². The van der Waals surface area contributed by atoms with Crippen LogP contribution >= 0.6 is 22.7 Å². The average Bonchev–Trinajstić information content (AvgIpc) is 3.37. The summed E-state index contributed by atoms with van der Waals surface area (Å²) in [6.45, 7) is 2.09. The van der Waals surface area contributed by atoms with Crippen LogP contribution < -0.4 is 10.6 Å². The average molecular weight is 374 g/mol. The monoisotopic (exact) mass is 374 g/mol. The number of oxazole rings is 1. The molecule has 0 unspecified atom stereocenters. The number of nitrogens with zero attached hydrogens (tertiary/aromatic N) is 2. The molecule has 1 saturated heterocycles. The van der Waals surface area contributed by atoms with Crippen LogP contribution in [0.5, 0.6) is 0 Å². The van der Waals surface area contributed by atoms with Gasteiger partial charge in [0.15, 0.2) is 5.13 Å². The molecule has 8 heteroatoms. The van der Waals surface area contributed by atoms with Gasteiger partial charge in [0, 0.05) is 11.1 Å². The van der Waals surface area contributed by atoms with Crippen molar-refractivity contribution in [3.05, 3.63) is 40.5 Å². The largest absolute Gasteiger partial charge is 0.444 e. The highest BCUT2D eigenvalue weighted by Crippen LogP contribution is 2.31. The highest BCUT2D eigenvalue weighted by Gasteiger charge is 2.18. The van der Waals surface area contributed by atoms with Crippen LogP contribution in [-0.4, -0.2) is 29.0 Å². The van der Waals surface area contributed by atoms with Crippen molar-refractivity contribution in [1.82, 2.24) is 15.3 Å². The Morgan fingerprint density at radius 3 is 3.08 bits per heavy atom. The van der Waals surface area contributed by atoms with Crippen molar-refractivity contribution in [3.8, 4) is 10.8 Å². The van der Waals surface area contributed by atoms with E-state index in [0.717, 1.165) is 30.8 Å². The van der Waals surface area contributed by atoms with Crippen LogP contribution in [0, 0.1) is 0 Å². The Balaban J connectivity index is 1.35. The smallest absolute Gasteiger partial charge is 0.236 e. The van der Waals surface area contributed by atoms with E-state index in [-0.39, 0.29) is 12.3 Å². The first kappa shape index (κ1) is 16.4. The van der Waals surface area contributed by atoms with Crippen molar-refractivity contribution in [2.24, 2.45) is 0 Å². The Hall–Kier alpha value is -2.03. The molecule has 1 aliphatic heterocycles. The molecule has 0 radical (unpaired) electrons. The SMILES string of the molecule is O=C(Cc1coc(-c2cccs2)n1)Nc1ncc(C2CCNCC2)s1. The summed E-state index contributed by atoms with van der Waals surface area (Å²) < 4.78 is 5.44. The van der Waals surface area contributed by atoms with Gasteiger partial charge >= 0.3 is 0 Å². The number of piperidine rings is 1. The third-order valence-corrected chi connectivity index (χ3v) is 6.07. The molecule has 1 fully saturated rings. The van der Waals surface area contributed by atoms with Crippen molar-refractivity contribution >= 4 is 33.7 Å². The molecular formula is C17H18N4O2S2. The Kier molecular flexibility index (Phi) is 4.91. The molecule has 2 N–H and O–H groups in total. The standard InChI is InChI=1S/C17H18N4O2S2/c22-15(8-12-10-23-16(20-12)13-2-1-7-24-13)21-17-19-9-14(25-17)11-3-5-18-6-4-11/h1-2,7,9-11,18H,3-6,8H2,(H,19,21,22). The quantitative estimate of drug-likeness (QED) is 0.714. The van der Waals surface area contributed by atoms with Crippen molar-refractivity contribution in [2.45, 2.75) is 25.2 Å². The zero-order valence-corrected chi connectivity index (χ0v) is 15.2. The lowest BCUT2D eigenvalue weighted by atomic mass is 9.97. The number of amides is 1. The maximum atomic E-state index is 12.2. The van der Waals surface area contributed by atoms with Crippen LogP contribution in [-0.2, 0) is 11.2 Å². The van der Waals surface area contributed by atoms with Crippen molar-refractivity contribution in [1.29, 1.82) is 0 Å². The molecule has 1 amide bonds. The minimum absolute atomic E-state index is 0.128. The van der Waals surface area contributed by atoms with E-state index in [1.165, 1.54) is 11.1 Å². The van der Waals surface area contributed by atoms with Gasteiger partial charge in [-0.1, -0.05) is 6.07 Å². The number of carbonyl (C=O) groups is 1. The number of hydrogen-bond acceptors (Lipinski definition) is 7. The number of hydrogen-bond donors (Lipinski definition) is 2. The lowest BCUT2D eigenvalue weighted by Crippen LogP contribution is -2.26. The summed E-state index contributed by atoms with van der Waals surface area (Å²) >= 11 is 3.13. The molecule has 3 aromatic rings. The second-order valence-corrected chi connectivity index (χ2v) is 7.95. The van der Waals surface area contributed by atoms with Gasteiger partial charge in [-0.25, -0.2) is 9.97 Å². The summed E-state index contributed by atoms with van der Waals surface area (Å²) in [4.78, 5) is 23.1. The lowest BCUT2D eigenvalue weighted by Gasteiger charge is -2.20. The highest BCUT2D eigenvalue weighted by atomic mass is 32.1. The molecule has 25 heavy (non-hydrogen) atoms. The van der Waals surface area contributed by atoms with Crippen LogP contribution in [0.4, 0.5) is 5.13 Å². The fourth-order valence-corrected chi connectivity index (χ4v) is 4.53. The molecule has 0 atom stereocenters. The second-order valence-electron chi connectivity index (χ2n) is 5.94. The van der Waals surface area contributed by atoms with E-state index in [4.69, 9.17) is 4.42 Å². The first-order valence-electron chi connectivity index (χ1n) is 8.22. The molecule has 6 nitrogen and oxygen atoms in total. The minimum atomic E-state index is -0.128. The van der Waals surface area contributed by atoms with E-state index >= 15 is 0 Å². The Morgan fingerprint density at radius 2 is 2.28 bits per heavy atom. The third-order valence-electron chi connectivity index (χ3n) is 4.14. The van der Waals surface area contributed by atoms with Gasteiger partial charge in [0.2, 0.25) is 11.8 Å². The van der Waals surface area contributed by atoms with Gasteiger partial charge in [-0.05, 0) is 43.3 Å². The molecule has 3 aromatic heterocycles. The summed E-state index contributed by atoms with van der Waals surface area (Å²) in [5.74, 6) is 0.978. The maximum absolute atomic E-state index is 12.2. The predicted octanol–water partition coefficient (Wildman–Crippen LogP) is 3.51. The Bertz CT molecular complexity index is 835. The summed E-state index contributed by atoms with van der Waals surface area (Å²) in [7, 11) is 0. The maximum Gasteiger partial charge on any atom is 0.236 e. The van der Waals surface area contributed by atoms with Gasteiger partial charge in [-0.15, -0.1) is 22.7 Å². The number of nitrogens with one attached hydrogen (secondary N) is 2. The first-order chi connectivity index (χ1) is 12.3. The van der Waals surface area contributed by atoms with E-state index in [9.17, 15) is 4.79 Å². The zero-order valence-electron chi connectivity index (χ0n) is 13.5. The van der Waals surface area contributed by atoms with E-state index in [1.54, 1.807) is 22.7 Å². The van der Waals surface area contributed by atoms with Gasteiger partial charge < -0.3 is 15.1 Å². The molecule has 0 bridgehead atoms. The Morgan fingerprint density at radius 1 is 1.40 bits per heavy atom. The zero-order chi connectivity index (χ0) is 17.1. The van der Waals surface area contributed by atoms with Crippen LogP contribution in [0.15, 0.2) is 34.4 Å². The Labute approximate surface area is 153 Å². The number of carbonyl (C=O) groups excluding carboxylic acids is 1. The van der Waals surface area contributed by atoms with Gasteiger partial charge in [-0.2, -0.15) is 0 Å². The number of thiazole rings is 1. The summed E-state index contributed by atoms with van der Waals surface area (Å²) in [5.41, 5.74) is 0.621. The fourth-order valence-electron chi connectivity index (χ4n) is 2.87. The van der Waals surface area contributed by atoms with Crippen molar-refractivity contribution in [2.75, 3.05) is 18.4 Å². The molecule has 0 spiro atoms. The van der Waals surface area contributed by atoms with Crippen molar-refractivity contribution < 1.29 is 9.21 Å². The third kappa shape index (κ3) is 3.97. The van der Waals surface area contributed by atoms with Gasteiger partial charge in [-0.3, -0.25) is 4.79 Å². The molecular weight excluding hydrogens is 356 g/mol. The first-order valence-corrected chi connectivity index (χ1v) is 9.92. The molecule has 0 saturated carbocycles. The molecule has 0 aliphatic carbocycles. The summed E-state index contributed by atoms with van der Waals surface area (Å²) in [5, 5.41) is 8.85. The minimum Gasteiger partial charge on any atom is -0.444 e. The fraction of sp³-hybridized carbons (Fsp3) is 0.353. The number of rotatable bonds is 5. The molecule has 4 rings (SSSR count). The molecule has 4 heterocycles. The molecule has 0 aromatic carbocycles. The van der Waals surface area contributed by atoms with Gasteiger partial charge in [0.25, 0.3) is 0 Å². The number of thiophene rings is 1. The normalized spacial score (nSPS) is 15.4. The molecule has 130 valence electrons. The van der Waals surface area contributed by atoms with Crippen molar-refractivity contribution in [3.63, 3.8) is 0 Å². The van der Waals surface area contributed by atoms with Gasteiger partial charge in [0.1, 0.15) is 6.26 Å². The topological polar surface area (TPSA) is 80.1 Å². The summed E-state index contributed by atoms with van der Waals surface area (Å²) in [6.07, 6.45) is 5.86. The van der Waals surface area contributed by atoms with Crippen LogP contribution in [0.25, 0.3) is 10.8 Å². The van der Waals surface area contributed by atoms with Crippen LogP contribution in [0.3, 0.4) is 0 Å². The van der Waals surface area contributed by atoms with Crippen LogP contribution in [0.1, 0.15) is 29.3 Å². The highest BCUT2D eigenvalue weighted by molar-refractivity contribution is 7.15. The number of anilines is 1. The number of aromatic nitrogens is 2. The van der Waals surface area contributed by atoms with E-state index in [1.807, 2.05) is 23.7 Å². The molecule has 1 aliphatic rings. The van der Waals surface area contributed by atoms with E-state index in [2.05, 4.69) is 20.6 Å². The van der Waals surface area contributed by atoms with E-state index in [0.29, 0.717) is 22.6 Å². The van der Waals surface area contributed by atoms with Gasteiger partial charge in [0.05, 0.1) is 17.0 Å². The lowest BCUT2D eigenvalue weighted by molar-refractivity contribution is -0.115.